The Balaban J connectivity index is 2.73. The number of likely N-dealkylation sites (N-methyl/N-ethyl adjacent to an activating group) is 1. The third kappa shape index (κ3) is 7.92. The first kappa shape index (κ1) is 23.4. The van der Waals surface area contributed by atoms with E-state index in [4.69, 9.17) is 13.8 Å². The molecule has 1 aromatic rings. The van der Waals surface area contributed by atoms with Crippen molar-refractivity contribution in [3.63, 3.8) is 0 Å². The third-order valence-corrected chi connectivity index (χ3v) is 5.30. The van der Waals surface area contributed by atoms with E-state index in [2.05, 4.69) is 71.7 Å². The highest BCUT2D eigenvalue weighted by Gasteiger charge is 2.24. The smallest absolute Gasteiger partial charge is 0.226 e. The fraction of sp³-hybridized carbons (Fsp3) is 0.714. The Morgan fingerprint density at radius 3 is 2.12 bits per heavy atom. The van der Waals surface area contributed by atoms with Crippen molar-refractivity contribution >= 4 is 8.38 Å². The lowest BCUT2D eigenvalue weighted by Gasteiger charge is -2.28. The molecule has 150 valence electrons. The van der Waals surface area contributed by atoms with Gasteiger partial charge in [0, 0.05) is 32.4 Å². The highest BCUT2D eigenvalue weighted by atomic mass is 31.2. The van der Waals surface area contributed by atoms with Crippen molar-refractivity contribution in [1.82, 2.24) is 4.90 Å². The molecular weight excluding hydrogens is 345 g/mol. The SMILES string of the molecule is COCCN(C)CCOP(C)Oc1ccc(C(C)(C)C)cc1C(C)(C)C. The maximum atomic E-state index is 6.20. The summed E-state index contributed by atoms with van der Waals surface area (Å²) in [6.45, 7) is 18.6. The van der Waals surface area contributed by atoms with Crippen LogP contribution in [0.4, 0.5) is 0 Å². The maximum Gasteiger partial charge on any atom is 0.226 e. The number of benzene rings is 1. The van der Waals surface area contributed by atoms with Gasteiger partial charge in [0.2, 0.25) is 8.38 Å². The third-order valence-electron chi connectivity index (χ3n) is 4.30. The largest absolute Gasteiger partial charge is 0.447 e. The highest BCUT2D eigenvalue weighted by Crippen LogP contribution is 2.42. The molecule has 0 aliphatic heterocycles. The van der Waals surface area contributed by atoms with E-state index in [0.717, 1.165) is 25.4 Å². The molecule has 0 bridgehead atoms. The summed E-state index contributed by atoms with van der Waals surface area (Å²) in [7, 11) is 2.84. The van der Waals surface area contributed by atoms with Crippen molar-refractivity contribution in [2.45, 2.75) is 52.4 Å². The summed E-state index contributed by atoms with van der Waals surface area (Å²) in [5.74, 6) is 0.937. The van der Waals surface area contributed by atoms with Gasteiger partial charge in [0.05, 0.1) is 13.2 Å². The molecule has 1 aromatic carbocycles. The first-order chi connectivity index (χ1) is 11.9. The second-order valence-corrected chi connectivity index (χ2v) is 10.2. The van der Waals surface area contributed by atoms with Gasteiger partial charge in [0.25, 0.3) is 0 Å². The Kier molecular flexibility index (Phi) is 9.02. The maximum absolute atomic E-state index is 6.20. The van der Waals surface area contributed by atoms with Gasteiger partial charge in [-0.25, -0.2) is 0 Å². The lowest BCUT2D eigenvalue weighted by atomic mass is 9.80. The van der Waals surface area contributed by atoms with Gasteiger partial charge in [-0.1, -0.05) is 53.7 Å². The molecule has 1 unspecified atom stereocenters. The van der Waals surface area contributed by atoms with Crippen molar-refractivity contribution < 1.29 is 13.8 Å². The molecule has 0 radical (unpaired) electrons. The zero-order chi connectivity index (χ0) is 20.0. The molecular formula is C21H38NO3P. The van der Waals surface area contributed by atoms with Gasteiger partial charge >= 0.3 is 0 Å². The molecule has 4 nitrogen and oxygen atoms in total. The fourth-order valence-corrected chi connectivity index (χ4v) is 3.34. The van der Waals surface area contributed by atoms with Crippen molar-refractivity contribution in [1.29, 1.82) is 0 Å². The minimum atomic E-state index is -0.959. The molecule has 0 spiro atoms. The molecule has 26 heavy (non-hydrogen) atoms. The summed E-state index contributed by atoms with van der Waals surface area (Å²) in [5.41, 5.74) is 2.71. The first-order valence-electron chi connectivity index (χ1n) is 9.32. The van der Waals surface area contributed by atoms with Crippen LogP contribution in [0.2, 0.25) is 0 Å². The van der Waals surface area contributed by atoms with Gasteiger partial charge in [-0.15, -0.1) is 0 Å². The molecule has 0 saturated heterocycles. The van der Waals surface area contributed by atoms with Crippen LogP contribution >= 0.6 is 8.38 Å². The van der Waals surface area contributed by atoms with E-state index in [1.54, 1.807) is 7.11 Å². The van der Waals surface area contributed by atoms with Crippen LogP contribution < -0.4 is 4.52 Å². The average molecular weight is 384 g/mol. The Hall–Kier alpha value is -0.670. The lowest BCUT2D eigenvalue weighted by molar-refractivity contribution is 0.151. The van der Waals surface area contributed by atoms with Crippen LogP contribution in [0.3, 0.4) is 0 Å². The van der Waals surface area contributed by atoms with Gasteiger partial charge in [-0.3, -0.25) is 0 Å². The zero-order valence-corrected chi connectivity index (χ0v) is 19.1. The fourth-order valence-electron chi connectivity index (χ4n) is 2.51. The Morgan fingerprint density at radius 2 is 1.58 bits per heavy atom. The Labute approximate surface area is 162 Å². The van der Waals surface area contributed by atoms with E-state index in [1.165, 1.54) is 11.1 Å². The number of methoxy groups -OCH3 is 1. The molecule has 0 saturated carbocycles. The zero-order valence-electron chi connectivity index (χ0n) is 18.2. The molecule has 0 aromatic heterocycles. The standard InChI is InChI=1S/C21H38NO3P/c1-20(2,3)17-10-11-19(18(16-17)21(4,5)6)25-26(9)24-15-13-22(7)12-14-23-8/h10-11,16H,12-15H2,1-9H3. The van der Waals surface area contributed by atoms with Gasteiger partial charge in [-0.2, -0.15) is 0 Å². The molecule has 1 atom stereocenters. The topological polar surface area (TPSA) is 30.9 Å². The predicted molar refractivity (Wildman–Crippen MR) is 113 cm³/mol. The van der Waals surface area contributed by atoms with Crippen molar-refractivity contribution in [2.24, 2.45) is 0 Å². The summed E-state index contributed by atoms with van der Waals surface area (Å²) in [5, 5.41) is 0. The lowest BCUT2D eigenvalue weighted by Crippen LogP contribution is -2.26. The second kappa shape index (κ2) is 10.0. The van der Waals surface area contributed by atoms with Crippen LogP contribution in [0.5, 0.6) is 5.75 Å². The van der Waals surface area contributed by atoms with Crippen molar-refractivity contribution in [3.8, 4) is 5.75 Å². The monoisotopic (exact) mass is 383 g/mol. The minimum absolute atomic E-state index is 0.0210. The molecule has 0 heterocycles. The van der Waals surface area contributed by atoms with Crippen LogP contribution in [-0.2, 0) is 20.1 Å². The van der Waals surface area contributed by atoms with Gasteiger partial charge < -0.3 is 18.7 Å². The second-order valence-electron chi connectivity index (χ2n) is 8.87. The number of hydrogen-bond donors (Lipinski definition) is 0. The van der Waals surface area contributed by atoms with Crippen LogP contribution in [0.15, 0.2) is 18.2 Å². The number of rotatable bonds is 9. The van der Waals surface area contributed by atoms with E-state index in [-0.39, 0.29) is 10.8 Å². The molecule has 0 fully saturated rings. The normalized spacial score (nSPS) is 13.9. The molecule has 0 aliphatic carbocycles. The van der Waals surface area contributed by atoms with E-state index in [0.29, 0.717) is 6.61 Å². The van der Waals surface area contributed by atoms with E-state index >= 15 is 0 Å². The summed E-state index contributed by atoms with van der Waals surface area (Å²) in [4.78, 5) is 2.20. The first-order valence-corrected chi connectivity index (χ1v) is 10.9. The number of hydrogen-bond acceptors (Lipinski definition) is 4. The van der Waals surface area contributed by atoms with E-state index < -0.39 is 8.38 Å². The molecule has 0 N–H and O–H groups in total. The summed E-state index contributed by atoms with van der Waals surface area (Å²) < 4.78 is 17.2. The minimum Gasteiger partial charge on any atom is -0.447 e. The van der Waals surface area contributed by atoms with Gasteiger partial charge in [0.15, 0.2) is 0 Å². The Morgan fingerprint density at radius 1 is 0.962 bits per heavy atom. The summed E-state index contributed by atoms with van der Waals surface area (Å²) >= 11 is 0. The number of ether oxygens (including phenoxy) is 1. The number of nitrogens with zero attached hydrogens (tertiary/aromatic N) is 1. The van der Waals surface area contributed by atoms with Gasteiger partial charge in [0.1, 0.15) is 5.75 Å². The predicted octanol–water partition coefficient (Wildman–Crippen LogP) is 5.20. The molecule has 0 amide bonds. The molecule has 0 aliphatic rings. The summed E-state index contributed by atoms with van der Waals surface area (Å²) in [6, 6.07) is 6.57. The highest BCUT2D eigenvalue weighted by molar-refractivity contribution is 7.46. The van der Waals surface area contributed by atoms with Crippen LogP contribution in [-0.4, -0.2) is 52.0 Å². The quantitative estimate of drug-likeness (QED) is 0.549. The van der Waals surface area contributed by atoms with Crippen LogP contribution in [0.1, 0.15) is 52.7 Å². The Bertz CT molecular complexity index is 549. The van der Waals surface area contributed by atoms with Gasteiger partial charge in [-0.05, 0) is 29.5 Å². The van der Waals surface area contributed by atoms with E-state index in [9.17, 15) is 0 Å². The summed E-state index contributed by atoms with van der Waals surface area (Å²) in [6.07, 6.45) is 0. The van der Waals surface area contributed by atoms with Crippen LogP contribution in [0, 0.1) is 0 Å². The molecule has 5 heteroatoms. The average Bonchev–Trinajstić information content (AvgIpc) is 2.51. The van der Waals surface area contributed by atoms with Crippen molar-refractivity contribution in [3.05, 3.63) is 29.3 Å². The van der Waals surface area contributed by atoms with Crippen molar-refractivity contribution in [2.75, 3.05) is 47.1 Å². The van der Waals surface area contributed by atoms with E-state index in [1.807, 2.05) is 6.66 Å². The van der Waals surface area contributed by atoms with Crippen LogP contribution in [0.25, 0.3) is 0 Å². The molecule has 1 rings (SSSR count).